The number of urea groups is 1. The molecule has 2 rings (SSSR count). The summed E-state index contributed by atoms with van der Waals surface area (Å²) in [5.41, 5.74) is 1.73. The molecule has 0 aliphatic carbocycles. The van der Waals surface area contributed by atoms with Crippen LogP contribution in [0.25, 0.3) is 0 Å². The molecule has 1 aliphatic heterocycles. The van der Waals surface area contributed by atoms with E-state index in [9.17, 15) is 14.7 Å². The van der Waals surface area contributed by atoms with Gasteiger partial charge in [0.1, 0.15) is 0 Å². The number of carboxylic acids is 1. The van der Waals surface area contributed by atoms with E-state index >= 15 is 0 Å². The maximum Gasteiger partial charge on any atom is 0.331 e. The third kappa shape index (κ3) is 3.54. The van der Waals surface area contributed by atoms with E-state index in [1.54, 1.807) is 6.07 Å². The summed E-state index contributed by atoms with van der Waals surface area (Å²) in [4.78, 5) is 25.3. The Morgan fingerprint density at radius 2 is 2.10 bits per heavy atom. The van der Waals surface area contributed by atoms with E-state index < -0.39 is 12.0 Å². The number of hydrogen-bond donors (Lipinski definition) is 2. The highest BCUT2D eigenvalue weighted by Gasteiger charge is 2.35. The molecule has 114 valence electrons. The lowest BCUT2D eigenvalue weighted by Gasteiger charge is -2.34. The fourth-order valence-corrected chi connectivity index (χ4v) is 2.62. The molecule has 0 spiro atoms. The van der Waals surface area contributed by atoms with Crippen molar-refractivity contribution in [2.24, 2.45) is 5.92 Å². The summed E-state index contributed by atoms with van der Waals surface area (Å²) in [6.45, 7) is 5.18. The van der Waals surface area contributed by atoms with Gasteiger partial charge in [-0.1, -0.05) is 38.1 Å². The molecule has 5 nitrogen and oxygen atoms in total. The van der Waals surface area contributed by atoms with Crippen molar-refractivity contribution in [2.45, 2.75) is 32.7 Å². The summed E-state index contributed by atoms with van der Waals surface area (Å²) >= 11 is 0. The SMILES string of the molecule is CC(C)CCNC(=O)N1CCc2ccccc2C1C(=O)O. The molecule has 1 unspecified atom stereocenters. The normalized spacial score (nSPS) is 17.5. The van der Waals surface area contributed by atoms with Crippen LogP contribution in [0.1, 0.15) is 37.4 Å². The number of carbonyl (C=O) groups is 2. The van der Waals surface area contributed by atoms with Crippen molar-refractivity contribution in [3.63, 3.8) is 0 Å². The number of benzene rings is 1. The van der Waals surface area contributed by atoms with Crippen LogP contribution in [0, 0.1) is 5.92 Å². The number of rotatable bonds is 4. The van der Waals surface area contributed by atoms with Gasteiger partial charge in [-0.3, -0.25) is 0 Å². The van der Waals surface area contributed by atoms with Crippen LogP contribution in [-0.2, 0) is 11.2 Å². The van der Waals surface area contributed by atoms with Gasteiger partial charge < -0.3 is 15.3 Å². The number of hydrogen-bond acceptors (Lipinski definition) is 2. The number of nitrogens with one attached hydrogen (secondary N) is 1. The molecule has 1 aliphatic rings. The molecule has 2 amide bonds. The summed E-state index contributed by atoms with van der Waals surface area (Å²) in [5.74, 6) is -0.483. The van der Waals surface area contributed by atoms with Gasteiger partial charge in [-0.15, -0.1) is 0 Å². The highest BCUT2D eigenvalue weighted by molar-refractivity contribution is 5.84. The molecular formula is C16H22N2O3. The van der Waals surface area contributed by atoms with Gasteiger partial charge in [-0.25, -0.2) is 9.59 Å². The first-order chi connectivity index (χ1) is 10.0. The third-order valence-electron chi connectivity index (χ3n) is 3.78. The van der Waals surface area contributed by atoms with Crippen LogP contribution in [-0.4, -0.2) is 35.1 Å². The summed E-state index contributed by atoms with van der Waals surface area (Å²) in [6.07, 6.45) is 1.57. The molecule has 0 bridgehead atoms. The smallest absolute Gasteiger partial charge is 0.331 e. The first kappa shape index (κ1) is 15.4. The van der Waals surface area contributed by atoms with Crippen LogP contribution in [0.15, 0.2) is 24.3 Å². The first-order valence-electron chi connectivity index (χ1n) is 7.35. The topological polar surface area (TPSA) is 69.6 Å². The van der Waals surface area contributed by atoms with Crippen LogP contribution in [0.5, 0.6) is 0 Å². The second kappa shape index (κ2) is 6.61. The largest absolute Gasteiger partial charge is 0.479 e. The number of nitrogens with zero attached hydrogens (tertiary/aromatic N) is 1. The Morgan fingerprint density at radius 3 is 2.76 bits per heavy atom. The minimum absolute atomic E-state index is 0.294. The molecule has 21 heavy (non-hydrogen) atoms. The Hall–Kier alpha value is -2.04. The molecule has 0 fully saturated rings. The average Bonchev–Trinajstić information content (AvgIpc) is 2.45. The lowest BCUT2D eigenvalue weighted by atomic mass is 9.93. The van der Waals surface area contributed by atoms with Crippen molar-refractivity contribution in [3.8, 4) is 0 Å². The number of fused-ring (bicyclic) bond motifs is 1. The van der Waals surface area contributed by atoms with E-state index in [2.05, 4.69) is 19.2 Å². The number of carboxylic acid groups (broad SMARTS) is 1. The standard InChI is InChI=1S/C16H22N2O3/c1-11(2)7-9-17-16(21)18-10-8-12-5-3-4-6-13(12)14(18)15(19)20/h3-6,11,14H,7-10H2,1-2H3,(H,17,21)(H,19,20). The van der Waals surface area contributed by atoms with Crippen molar-refractivity contribution in [3.05, 3.63) is 35.4 Å². The van der Waals surface area contributed by atoms with Gasteiger partial charge in [0.25, 0.3) is 0 Å². The fraction of sp³-hybridized carbons (Fsp3) is 0.500. The molecule has 1 aromatic carbocycles. The van der Waals surface area contributed by atoms with Gasteiger partial charge in [0, 0.05) is 13.1 Å². The van der Waals surface area contributed by atoms with E-state index in [1.807, 2.05) is 18.2 Å². The lowest BCUT2D eigenvalue weighted by molar-refractivity contribution is -0.142. The third-order valence-corrected chi connectivity index (χ3v) is 3.78. The molecule has 1 aromatic rings. The molecule has 5 heteroatoms. The number of aliphatic carboxylic acids is 1. The van der Waals surface area contributed by atoms with Crippen LogP contribution in [0.3, 0.4) is 0 Å². The Kier molecular flexibility index (Phi) is 4.83. The number of carbonyl (C=O) groups excluding carboxylic acids is 1. The molecule has 1 heterocycles. The molecule has 0 saturated heterocycles. The molecule has 0 radical (unpaired) electrons. The predicted molar refractivity (Wildman–Crippen MR) is 80.1 cm³/mol. The molecule has 0 saturated carbocycles. The van der Waals surface area contributed by atoms with Crippen molar-refractivity contribution in [1.82, 2.24) is 10.2 Å². The average molecular weight is 290 g/mol. The highest BCUT2D eigenvalue weighted by Crippen LogP contribution is 2.29. The van der Waals surface area contributed by atoms with Gasteiger partial charge in [-0.2, -0.15) is 0 Å². The minimum Gasteiger partial charge on any atom is -0.479 e. The van der Waals surface area contributed by atoms with Gasteiger partial charge in [0.15, 0.2) is 6.04 Å². The Morgan fingerprint density at radius 1 is 1.38 bits per heavy atom. The van der Waals surface area contributed by atoms with E-state index in [-0.39, 0.29) is 6.03 Å². The Labute approximate surface area is 125 Å². The highest BCUT2D eigenvalue weighted by atomic mass is 16.4. The maximum absolute atomic E-state index is 12.3. The molecular weight excluding hydrogens is 268 g/mol. The van der Waals surface area contributed by atoms with Gasteiger partial charge in [0.05, 0.1) is 0 Å². The van der Waals surface area contributed by atoms with E-state index in [0.717, 1.165) is 17.5 Å². The molecule has 0 aromatic heterocycles. The zero-order chi connectivity index (χ0) is 15.4. The van der Waals surface area contributed by atoms with Crippen molar-refractivity contribution in [2.75, 3.05) is 13.1 Å². The zero-order valence-electron chi connectivity index (χ0n) is 12.5. The van der Waals surface area contributed by atoms with Crippen LogP contribution >= 0.6 is 0 Å². The zero-order valence-corrected chi connectivity index (χ0v) is 12.5. The van der Waals surface area contributed by atoms with Crippen LogP contribution in [0.4, 0.5) is 4.79 Å². The Bertz CT molecular complexity index is 528. The van der Waals surface area contributed by atoms with Gasteiger partial charge >= 0.3 is 12.0 Å². The van der Waals surface area contributed by atoms with Crippen LogP contribution in [0.2, 0.25) is 0 Å². The molecule has 2 N–H and O–H groups in total. The van der Waals surface area contributed by atoms with Crippen LogP contribution < -0.4 is 5.32 Å². The quantitative estimate of drug-likeness (QED) is 0.894. The second-order valence-corrected chi connectivity index (χ2v) is 5.80. The predicted octanol–water partition coefficient (Wildman–Crippen LogP) is 2.43. The van der Waals surface area contributed by atoms with Crippen molar-refractivity contribution in [1.29, 1.82) is 0 Å². The van der Waals surface area contributed by atoms with Crippen molar-refractivity contribution < 1.29 is 14.7 Å². The molecule has 1 atom stereocenters. The number of amides is 2. The Balaban J connectivity index is 2.13. The van der Waals surface area contributed by atoms with E-state index in [0.29, 0.717) is 25.4 Å². The first-order valence-corrected chi connectivity index (χ1v) is 7.35. The summed E-state index contributed by atoms with van der Waals surface area (Å²) < 4.78 is 0. The summed E-state index contributed by atoms with van der Waals surface area (Å²) in [6, 6.07) is 6.25. The minimum atomic E-state index is -0.985. The monoisotopic (exact) mass is 290 g/mol. The van der Waals surface area contributed by atoms with Crippen molar-refractivity contribution >= 4 is 12.0 Å². The summed E-state index contributed by atoms with van der Waals surface area (Å²) in [7, 11) is 0. The van der Waals surface area contributed by atoms with E-state index in [1.165, 1.54) is 4.90 Å². The maximum atomic E-state index is 12.3. The second-order valence-electron chi connectivity index (χ2n) is 5.80. The fourth-order valence-electron chi connectivity index (χ4n) is 2.62. The summed E-state index contributed by atoms with van der Waals surface area (Å²) in [5, 5.41) is 12.3. The van der Waals surface area contributed by atoms with Gasteiger partial charge in [0.2, 0.25) is 0 Å². The van der Waals surface area contributed by atoms with Gasteiger partial charge in [-0.05, 0) is 29.9 Å². The lowest BCUT2D eigenvalue weighted by Crippen LogP contribution is -2.48. The van der Waals surface area contributed by atoms with E-state index in [4.69, 9.17) is 0 Å².